The van der Waals surface area contributed by atoms with Gasteiger partial charge in [0.1, 0.15) is 5.75 Å². The van der Waals surface area contributed by atoms with Gasteiger partial charge in [-0.3, -0.25) is 0 Å². The molecular formula is C15H17NO. The summed E-state index contributed by atoms with van der Waals surface area (Å²) < 4.78 is 5.23. The van der Waals surface area contributed by atoms with E-state index in [-0.39, 0.29) is 0 Å². The fourth-order valence-electron chi connectivity index (χ4n) is 1.87. The van der Waals surface area contributed by atoms with Gasteiger partial charge in [-0.1, -0.05) is 24.3 Å². The topological polar surface area (TPSA) is 35.2 Å². The zero-order chi connectivity index (χ0) is 12.3. The molecular weight excluding hydrogens is 210 g/mol. The molecule has 0 bridgehead atoms. The minimum absolute atomic E-state index is 0.573. The molecule has 0 radical (unpaired) electrons. The SMILES string of the molecule is COc1cccc(-c2ccc(C)c(CN)c2)c1. The number of benzene rings is 2. The smallest absolute Gasteiger partial charge is 0.119 e. The molecule has 0 heterocycles. The molecule has 0 aliphatic carbocycles. The summed E-state index contributed by atoms with van der Waals surface area (Å²) in [4.78, 5) is 0. The predicted octanol–water partition coefficient (Wildman–Crippen LogP) is 3.13. The molecule has 2 aromatic carbocycles. The number of aryl methyl sites for hydroxylation is 1. The van der Waals surface area contributed by atoms with E-state index in [9.17, 15) is 0 Å². The molecule has 0 aromatic heterocycles. The second-order valence-corrected chi connectivity index (χ2v) is 4.08. The summed E-state index contributed by atoms with van der Waals surface area (Å²) in [5.41, 5.74) is 10.5. The third kappa shape index (κ3) is 2.48. The fourth-order valence-corrected chi connectivity index (χ4v) is 1.87. The first kappa shape index (κ1) is 11.7. The van der Waals surface area contributed by atoms with Crippen LogP contribution in [0.1, 0.15) is 11.1 Å². The summed E-state index contributed by atoms with van der Waals surface area (Å²) in [6.07, 6.45) is 0. The zero-order valence-electron chi connectivity index (χ0n) is 10.2. The number of rotatable bonds is 3. The Hall–Kier alpha value is -1.80. The number of methoxy groups -OCH3 is 1. The van der Waals surface area contributed by atoms with Crippen LogP contribution in [-0.2, 0) is 6.54 Å². The van der Waals surface area contributed by atoms with Crippen LogP contribution >= 0.6 is 0 Å². The predicted molar refractivity (Wildman–Crippen MR) is 71.1 cm³/mol. The Kier molecular flexibility index (Phi) is 3.45. The Balaban J connectivity index is 2.45. The first-order valence-electron chi connectivity index (χ1n) is 5.68. The third-order valence-corrected chi connectivity index (χ3v) is 2.97. The average Bonchev–Trinajstić information content (AvgIpc) is 2.39. The maximum Gasteiger partial charge on any atom is 0.119 e. The van der Waals surface area contributed by atoms with Crippen molar-refractivity contribution in [2.45, 2.75) is 13.5 Å². The number of hydrogen-bond donors (Lipinski definition) is 1. The molecule has 2 rings (SSSR count). The van der Waals surface area contributed by atoms with Gasteiger partial charge in [-0.15, -0.1) is 0 Å². The molecule has 0 spiro atoms. The van der Waals surface area contributed by atoms with E-state index in [0.29, 0.717) is 6.54 Å². The van der Waals surface area contributed by atoms with Crippen LogP contribution in [0, 0.1) is 6.92 Å². The maximum absolute atomic E-state index is 5.73. The van der Waals surface area contributed by atoms with Crippen LogP contribution in [0.3, 0.4) is 0 Å². The summed E-state index contributed by atoms with van der Waals surface area (Å²) >= 11 is 0. The first-order valence-corrected chi connectivity index (χ1v) is 5.68. The molecule has 0 amide bonds. The van der Waals surface area contributed by atoms with Crippen LogP contribution in [0.15, 0.2) is 42.5 Å². The van der Waals surface area contributed by atoms with Crippen LogP contribution in [0.5, 0.6) is 5.75 Å². The van der Waals surface area contributed by atoms with E-state index in [4.69, 9.17) is 10.5 Å². The van der Waals surface area contributed by atoms with Gasteiger partial charge >= 0.3 is 0 Å². The molecule has 0 unspecified atom stereocenters. The highest BCUT2D eigenvalue weighted by atomic mass is 16.5. The van der Waals surface area contributed by atoms with Crippen molar-refractivity contribution in [1.29, 1.82) is 0 Å². The van der Waals surface area contributed by atoms with E-state index >= 15 is 0 Å². The Morgan fingerprint density at radius 3 is 2.53 bits per heavy atom. The van der Waals surface area contributed by atoms with Gasteiger partial charge in [0.2, 0.25) is 0 Å². The van der Waals surface area contributed by atoms with Crippen molar-refractivity contribution in [2.75, 3.05) is 7.11 Å². The first-order chi connectivity index (χ1) is 8.24. The van der Waals surface area contributed by atoms with Gasteiger partial charge in [0.25, 0.3) is 0 Å². The minimum Gasteiger partial charge on any atom is -0.497 e. The van der Waals surface area contributed by atoms with Gasteiger partial charge < -0.3 is 10.5 Å². The molecule has 0 aliphatic heterocycles. The molecule has 2 aromatic rings. The molecule has 88 valence electrons. The fraction of sp³-hybridized carbons (Fsp3) is 0.200. The molecule has 0 saturated carbocycles. The Labute approximate surface area is 102 Å². The van der Waals surface area contributed by atoms with E-state index in [0.717, 1.165) is 11.3 Å². The van der Waals surface area contributed by atoms with Crippen LogP contribution in [0.2, 0.25) is 0 Å². The van der Waals surface area contributed by atoms with E-state index in [1.54, 1.807) is 7.11 Å². The molecule has 2 heteroatoms. The quantitative estimate of drug-likeness (QED) is 0.874. The lowest BCUT2D eigenvalue weighted by molar-refractivity contribution is 0.415. The Bertz CT molecular complexity index is 520. The second kappa shape index (κ2) is 5.02. The highest BCUT2D eigenvalue weighted by molar-refractivity contribution is 5.66. The average molecular weight is 227 g/mol. The van der Waals surface area contributed by atoms with Crippen molar-refractivity contribution in [1.82, 2.24) is 0 Å². The lowest BCUT2D eigenvalue weighted by Crippen LogP contribution is -1.99. The molecule has 17 heavy (non-hydrogen) atoms. The van der Waals surface area contributed by atoms with E-state index in [2.05, 4.69) is 31.2 Å². The second-order valence-electron chi connectivity index (χ2n) is 4.08. The standard InChI is InChI=1S/C15H17NO/c1-11-6-7-13(8-14(11)10-16)12-4-3-5-15(9-12)17-2/h3-9H,10,16H2,1-2H3. The minimum atomic E-state index is 0.573. The molecule has 0 fully saturated rings. The largest absolute Gasteiger partial charge is 0.497 e. The third-order valence-electron chi connectivity index (χ3n) is 2.97. The summed E-state index contributed by atoms with van der Waals surface area (Å²) in [6, 6.07) is 14.4. The highest BCUT2D eigenvalue weighted by Gasteiger charge is 2.02. The zero-order valence-corrected chi connectivity index (χ0v) is 10.2. The van der Waals surface area contributed by atoms with Crippen molar-refractivity contribution in [2.24, 2.45) is 5.73 Å². The molecule has 2 nitrogen and oxygen atoms in total. The Morgan fingerprint density at radius 2 is 1.82 bits per heavy atom. The van der Waals surface area contributed by atoms with E-state index < -0.39 is 0 Å². The lowest BCUT2D eigenvalue weighted by Gasteiger charge is -2.08. The van der Waals surface area contributed by atoms with Crippen molar-refractivity contribution in [3.63, 3.8) is 0 Å². The molecule has 0 aliphatic rings. The van der Waals surface area contributed by atoms with Crippen LogP contribution in [0.4, 0.5) is 0 Å². The lowest BCUT2D eigenvalue weighted by atomic mass is 10.00. The molecule has 2 N–H and O–H groups in total. The van der Waals surface area contributed by atoms with Crippen LogP contribution in [-0.4, -0.2) is 7.11 Å². The van der Waals surface area contributed by atoms with Crippen molar-refractivity contribution in [3.05, 3.63) is 53.6 Å². The number of nitrogens with two attached hydrogens (primary N) is 1. The van der Waals surface area contributed by atoms with E-state index in [1.165, 1.54) is 16.7 Å². The van der Waals surface area contributed by atoms with Gasteiger partial charge in [-0.2, -0.15) is 0 Å². The number of hydrogen-bond acceptors (Lipinski definition) is 2. The summed E-state index contributed by atoms with van der Waals surface area (Å²) in [5.74, 6) is 0.873. The van der Waals surface area contributed by atoms with Gasteiger partial charge in [0, 0.05) is 6.54 Å². The highest BCUT2D eigenvalue weighted by Crippen LogP contribution is 2.25. The number of ether oxygens (including phenoxy) is 1. The van der Waals surface area contributed by atoms with Gasteiger partial charge in [-0.05, 0) is 47.4 Å². The molecule has 0 saturated heterocycles. The normalized spacial score (nSPS) is 10.3. The van der Waals surface area contributed by atoms with Gasteiger partial charge in [-0.25, -0.2) is 0 Å². The van der Waals surface area contributed by atoms with Gasteiger partial charge in [0.15, 0.2) is 0 Å². The summed E-state index contributed by atoms with van der Waals surface area (Å²) in [5, 5.41) is 0. The Morgan fingerprint density at radius 1 is 1.06 bits per heavy atom. The van der Waals surface area contributed by atoms with Crippen molar-refractivity contribution < 1.29 is 4.74 Å². The maximum atomic E-state index is 5.73. The van der Waals surface area contributed by atoms with Crippen LogP contribution in [0.25, 0.3) is 11.1 Å². The summed E-state index contributed by atoms with van der Waals surface area (Å²) in [7, 11) is 1.68. The van der Waals surface area contributed by atoms with Crippen molar-refractivity contribution in [3.8, 4) is 16.9 Å². The van der Waals surface area contributed by atoms with E-state index in [1.807, 2.05) is 18.2 Å². The molecule has 0 atom stereocenters. The van der Waals surface area contributed by atoms with Gasteiger partial charge in [0.05, 0.1) is 7.11 Å². The summed E-state index contributed by atoms with van der Waals surface area (Å²) in [6.45, 7) is 2.65. The van der Waals surface area contributed by atoms with Crippen LogP contribution < -0.4 is 10.5 Å². The monoisotopic (exact) mass is 227 g/mol. The van der Waals surface area contributed by atoms with Crippen molar-refractivity contribution >= 4 is 0 Å².